The van der Waals surface area contributed by atoms with Crippen LogP contribution in [0.4, 0.5) is 0 Å². The Kier molecular flexibility index (Phi) is 6.07. The van der Waals surface area contributed by atoms with Crippen LogP contribution in [0.5, 0.6) is 11.5 Å². The van der Waals surface area contributed by atoms with Crippen molar-refractivity contribution < 1.29 is 14.3 Å². The maximum absolute atomic E-state index is 12.2. The van der Waals surface area contributed by atoms with E-state index in [-0.39, 0.29) is 11.9 Å². The van der Waals surface area contributed by atoms with Crippen LogP contribution in [0.1, 0.15) is 28.8 Å². The molecule has 1 aliphatic rings. The minimum Gasteiger partial charge on any atom is -0.497 e. The number of nitrogens with zero attached hydrogens (tertiary/aromatic N) is 2. The van der Waals surface area contributed by atoms with E-state index in [1.807, 2.05) is 18.2 Å². The van der Waals surface area contributed by atoms with Gasteiger partial charge in [0.25, 0.3) is 5.91 Å². The molecule has 0 spiro atoms. The lowest BCUT2D eigenvalue weighted by molar-refractivity contribution is 0.0908. The van der Waals surface area contributed by atoms with E-state index in [2.05, 4.69) is 15.2 Å². The maximum atomic E-state index is 12.2. The van der Waals surface area contributed by atoms with Crippen molar-refractivity contribution in [2.24, 2.45) is 0 Å². The average Bonchev–Trinajstić information content (AvgIpc) is 2.69. The standard InChI is InChI=1S/C20H25N3O3/c1-25-18-11-15(12-19(13-18)26-2)14-23-9-5-17(6-10-23)22-20(24)16-3-7-21-8-4-16/h3-4,7-8,11-13,17H,5-6,9-10,14H2,1-2H3,(H,22,24). The summed E-state index contributed by atoms with van der Waals surface area (Å²) < 4.78 is 10.7. The minimum absolute atomic E-state index is 0.0246. The second-order valence-electron chi connectivity index (χ2n) is 6.48. The second-order valence-corrected chi connectivity index (χ2v) is 6.48. The van der Waals surface area contributed by atoms with Gasteiger partial charge in [0, 0.05) is 49.7 Å². The fourth-order valence-corrected chi connectivity index (χ4v) is 3.22. The number of carbonyl (C=O) groups is 1. The number of aromatic nitrogens is 1. The molecule has 1 amide bonds. The number of hydrogen-bond donors (Lipinski definition) is 1. The molecular weight excluding hydrogens is 330 g/mol. The van der Waals surface area contributed by atoms with Gasteiger partial charge in [-0.1, -0.05) is 0 Å². The van der Waals surface area contributed by atoms with Gasteiger partial charge in [-0.15, -0.1) is 0 Å². The number of piperidine rings is 1. The molecule has 0 bridgehead atoms. The number of likely N-dealkylation sites (tertiary alicyclic amines) is 1. The predicted molar refractivity (Wildman–Crippen MR) is 99.5 cm³/mol. The van der Waals surface area contributed by atoms with Crippen LogP contribution in [-0.2, 0) is 6.54 Å². The number of hydrogen-bond acceptors (Lipinski definition) is 5. The molecule has 0 atom stereocenters. The van der Waals surface area contributed by atoms with Crippen molar-refractivity contribution in [2.45, 2.75) is 25.4 Å². The first kappa shape index (κ1) is 18.2. The van der Waals surface area contributed by atoms with Crippen LogP contribution in [0.3, 0.4) is 0 Å². The molecule has 0 radical (unpaired) electrons. The highest BCUT2D eigenvalue weighted by Gasteiger charge is 2.21. The van der Waals surface area contributed by atoms with Crippen molar-refractivity contribution in [3.05, 3.63) is 53.9 Å². The molecule has 0 aliphatic carbocycles. The molecule has 6 nitrogen and oxygen atoms in total. The molecule has 26 heavy (non-hydrogen) atoms. The largest absolute Gasteiger partial charge is 0.497 e. The summed E-state index contributed by atoms with van der Waals surface area (Å²) in [5.41, 5.74) is 1.83. The van der Waals surface area contributed by atoms with E-state index in [9.17, 15) is 4.79 Å². The van der Waals surface area contributed by atoms with Crippen molar-refractivity contribution in [1.82, 2.24) is 15.2 Å². The number of carbonyl (C=O) groups excluding carboxylic acids is 1. The van der Waals surface area contributed by atoms with Crippen LogP contribution in [-0.4, -0.2) is 49.1 Å². The Bertz CT molecular complexity index is 706. The summed E-state index contributed by atoms with van der Waals surface area (Å²) in [5, 5.41) is 3.12. The second kappa shape index (κ2) is 8.67. The molecule has 1 aromatic heterocycles. The molecule has 1 aliphatic heterocycles. The zero-order valence-corrected chi connectivity index (χ0v) is 15.3. The number of methoxy groups -OCH3 is 2. The minimum atomic E-state index is -0.0246. The van der Waals surface area contributed by atoms with Crippen molar-refractivity contribution in [3.8, 4) is 11.5 Å². The summed E-state index contributed by atoms with van der Waals surface area (Å²) in [6.07, 6.45) is 5.16. The highest BCUT2D eigenvalue weighted by Crippen LogP contribution is 2.24. The predicted octanol–water partition coefficient (Wildman–Crippen LogP) is 2.49. The Balaban J connectivity index is 1.52. The number of nitrogens with one attached hydrogen (secondary N) is 1. The number of benzene rings is 1. The van der Waals surface area contributed by atoms with E-state index in [0.717, 1.165) is 44.0 Å². The molecule has 3 rings (SSSR count). The van der Waals surface area contributed by atoms with E-state index >= 15 is 0 Å². The van der Waals surface area contributed by atoms with Gasteiger partial charge in [0.1, 0.15) is 11.5 Å². The molecule has 2 heterocycles. The highest BCUT2D eigenvalue weighted by atomic mass is 16.5. The van der Waals surface area contributed by atoms with Crippen molar-refractivity contribution in [1.29, 1.82) is 0 Å². The SMILES string of the molecule is COc1cc(CN2CCC(NC(=O)c3ccncc3)CC2)cc(OC)c1. The fraction of sp³-hybridized carbons (Fsp3) is 0.400. The number of amides is 1. The number of ether oxygens (including phenoxy) is 2. The van der Waals surface area contributed by atoms with E-state index in [1.165, 1.54) is 5.56 Å². The van der Waals surface area contributed by atoms with Gasteiger partial charge in [-0.3, -0.25) is 14.7 Å². The summed E-state index contributed by atoms with van der Waals surface area (Å²) >= 11 is 0. The third-order valence-electron chi connectivity index (χ3n) is 4.68. The first-order valence-corrected chi connectivity index (χ1v) is 8.83. The zero-order chi connectivity index (χ0) is 18.4. The van der Waals surface area contributed by atoms with Gasteiger partial charge in [-0.2, -0.15) is 0 Å². The first-order chi connectivity index (χ1) is 12.7. The average molecular weight is 355 g/mol. The Hall–Kier alpha value is -2.60. The van der Waals surface area contributed by atoms with Crippen LogP contribution in [0.25, 0.3) is 0 Å². The van der Waals surface area contributed by atoms with Crippen molar-refractivity contribution in [3.63, 3.8) is 0 Å². The molecule has 1 saturated heterocycles. The summed E-state index contributed by atoms with van der Waals surface area (Å²) in [5.74, 6) is 1.58. The van der Waals surface area contributed by atoms with Crippen molar-refractivity contribution in [2.75, 3.05) is 27.3 Å². The lowest BCUT2D eigenvalue weighted by Gasteiger charge is -2.32. The quantitative estimate of drug-likeness (QED) is 0.863. The normalized spacial score (nSPS) is 15.5. The van der Waals surface area contributed by atoms with E-state index in [4.69, 9.17) is 9.47 Å². The lowest BCUT2D eigenvalue weighted by Crippen LogP contribution is -2.44. The van der Waals surface area contributed by atoms with E-state index in [0.29, 0.717) is 5.56 Å². The number of rotatable bonds is 6. The first-order valence-electron chi connectivity index (χ1n) is 8.83. The van der Waals surface area contributed by atoms with Crippen LogP contribution >= 0.6 is 0 Å². The van der Waals surface area contributed by atoms with Gasteiger partial charge >= 0.3 is 0 Å². The molecule has 138 valence electrons. The Labute approximate surface area is 154 Å². The zero-order valence-electron chi connectivity index (χ0n) is 15.3. The summed E-state index contributed by atoms with van der Waals surface area (Å²) in [6, 6.07) is 9.65. The van der Waals surface area contributed by atoms with E-state index < -0.39 is 0 Å². The Morgan fingerprint density at radius 2 is 1.73 bits per heavy atom. The summed E-state index contributed by atoms with van der Waals surface area (Å²) in [4.78, 5) is 18.6. The highest BCUT2D eigenvalue weighted by molar-refractivity contribution is 5.94. The topological polar surface area (TPSA) is 63.7 Å². The molecule has 0 unspecified atom stereocenters. The van der Waals surface area contributed by atoms with Crippen LogP contribution in [0.2, 0.25) is 0 Å². The molecular formula is C20H25N3O3. The van der Waals surface area contributed by atoms with Crippen LogP contribution < -0.4 is 14.8 Å². The van der Waals surface area contributed by atoms with E-state index in [1.54, 1.807) is 38.7 Å². The lowest BCUT2D eigenvalue weighted by atomic mass is 10.0. The molecule has 6 heteroatoms. The number of pyridine rings is 1. The monoisotopic (exact) mass is 355 g/mol. The Morgan fingerprint density at radius 1 is 1.12 bits per heavy atom. The van der Waals surface area contributed by atoms with Gasteiger partial charge in [0.15, 0.2) is 0 Å². The molecule has 1 N–H and O–H groups in total. The van der Waals surface area contributed by atoms with Gasteiger partial charge in [0.05, 0.1) is 14.2 Å². The molecule has 0 saturated carbocycles. The third-order valence-corrected chi connectivity index (χ3v) is 4.68. The van der Waals surface area contributed by atoms with Gasteiger partial charge in [-0.05, 0) is 42.7 Å². The molecule has 1 fully saturated rings. The van der Waals surface area contributed by atoms with Crippen LogP contribution in [0.15, 0.2) is 42.7 Å². The van der Waals surface area contributed by atoms with Crippen molar-refractivity contribution >= 4 is 5.91 Å². The van der Waals surface area contributed by atoms with Gasteiger partial charge in [-0.25, -0.2) is 0 Å². The fourth-order valence-electron chi connectivity index (χ4n) is 3.22. The third kappa shape index (κ3) is 4.73. The van der Waals surface area contributed by atoms with Gasteiger partial charge < -0.3 is 14.8 Å². The molecule has 2 aromatic rings. The van der Waals surface area contributed by atoms with Crippen LogP contribution in [0, 0.1) is 0 Å². The maximum Gasteiger partial charge on any atom is 0.251 e. The Morgan fingerprint density at radius 3 is 2.31 bits per heavy atom. The smallest absolute Gasteiger partial charge is 0.251 e. The molecule has 1 aromatic carbocycles. The summed E-state index contributed by atoms with van der Waals surface area (Å²) in [6.45, 7) is 2.74. The van der Waals surface area contributed by atoms with Gasteiger partial charge in [0.2, 0.25) is 0 Å². The summed E-state index contributed by atoms with van der Waals surface area (Å²) in [7, 11) is 3.32.